The highest BCUT2D eigenvalue weighted by atomic mass is 32.1. The number of aromatic amines is 1. The average molecular weight is 445 g/mol. The number of aromatic nitrogens is 3. The van der Waals surface area contributed by atoms with Gasteiger partial charge >= 0.3 is 6.03 Å². The molecule has 5 heterocycles. The van der Waals surface area contributed by atoms with Gasteiger partial charge in [0.25, 0.3) is 0 Å². The van der Waals surface area contributed by atoms with Crippen LogP contribution in [0.25, 0.3) is 22.2 Å². The first-order valence-electron chi connectivity index (χ1n) is 10.9. The molecule has 1 fully saturated rings. The second kappa shape index (κ2) is 7.72. The molecule has 32 heavy (non-hydrogen) atoms. The monoisotopic (exact) mass is 444 g/mol. The number of urea groups is 1. The summed E-state index contributed by atoms with van der Waals surface area (Å²) >= 11 is 1.43. The zero-order valence-electron chi connectivity index (χ0n) is 17.8. The van der Waals surface area contributed by atoms with Gasteiger partial charge in [0.05, 0.1) is 0 Å². The average Bonchev–Trinajstić information content (AvgIpc) is 3.60. The van der Waals surface area contributed by atoms with Crippen molar-refractivity contribution in [1.82, 2.24) is 25.2 Å². The fourth-order valence-electron chi connectivity index (χ4n) is 4.86. The molecule has 4 aromatic rings. The number of hydrogen-bond acceptors (Lipinski definition) is 5. The van der Waals surface area contributed by atoms with Crippen LogP contribution in [-0.4, -0.2) is 32.4 Å². The third kappa shape index (κ3) is 3.36. The number of rotatable bonds is 3. The van der Waals surface area contributed by atoms with Crippen molar-refractivity contribution in [3.05, 3.63) is 64.4 Å². The molecule has 2 aliphatic heterocycles. The summed E-state index contributed by atoms with van der Waals surface area (Å²) in [5.41, 5.74) is 8.16. The predicted octanol–water partition coefficient (Wildman–Crippen LogP) is 4.97. The summed E-state index contributed by atoms with van der Waals surface area (Å²) in [6, 6.07) is 6.97. The number of pyridine rings is 1. The Labute approximate surface area is 189 Å². The number of benzene rings is 1. The third-order valence-corrected chi connectivity index (χ3v) is 7.22. The Kier molecular flexibility index (Phi) is 4.69. The molecule has 1 atom stereocenters. The highest BCUT2D eigenvalue weighted by molar-refractivity contribution is 7.13. The number of carbonyl (C=O) groups excluding carboxylic acids is 1. The molecular weight excluding hydrogens is 420 g/mol. The molecular formula is C24H24N6OS. The van der Waals surface area contributed by atoms with E-state index in [1.807, 2.05) is 22.7 Å². The van der Waals surface area contributed by atoms with E-state index >= 15 is 0 Å². The first-order valence-corrected chi connectivity index (χ1v) is 11.8. The molecule has 1 unspecified atom stereocenters. The lowest BCUT2D eigenvalue weighted by Crippen LogP contribution is -2.30. The molecule has 6 rings (SSSR count). The molecule has 1 saturated heterocycles. The molecule has 0 saturated carbocycles. The van der Waals surface area contributed by atoms with Gasteiger partial charge in [0.1, 0.15) is 5.65 Å². The van der Waals surface area contributed by atoms with Crippen molar-refractivity contribution in [3.63, 3.8) is 0 Å². The van der Waals surface area contributed by atoms with Gasteiger partial charge in [0.15, 0.2) is 5.13 Å². The van der Waals surface area contributed by atoms with Crippen LogP contribution in [0, 0.1) is 6.92 Å². The molecule has 7 nitrogen and oxygen atoms in total. The maximum atomic E-state index is 12.9. The van der Waals surface area contributed by atoms with Crippen LogP contribution in [-0.2, 0) is 13.1 Å². The SMILES string of the molecule is Cc1c[nH]c2ncc(-c3cc4c(c(C5CCCN5)c3)CN(C(=O)Nc3nccs3)C4)cc12. The highest BCUT2D eigenvalue weighted by Gasteiger charge is 2.30. The quantitative estimate of drug-likeness (QED) is 0.417. The maximum Gasteiger partial charge on any atom is 0.324 e. The van der Waals surface area contributed by atoms with E-state index in [-0.39, 0.29) is 6.03 Å². The molecule has 3 N–H and O–H groups in total. The molecule has 2 amide bonds. The number of thiazole rings is 1. The number of nitrogens with one attached hydrogen (secondary N) is 3. The van der Waals surface area contributed by atoms with Crippen molar-refractivity contribution >= 4 is 33.5 Å². The van der Waals surface area contributed by atoms with Crippen molar-refractivity contribution in [2.24, 2.45) is 0 Å². The van der Waals surface area contributed by atoms with E-state index in [4.69, 9.17) is 0 Å². The van der Waals surface area contributed by atoms with Gasteiger partial charge in [0, 0.05) is 54.1 Å². The lowest BCUT2D eigenvalue weighted by molar-refractivity contribution is 0.212. The molecule has 0 bridgehead atoms. The number of fused-ring (bicyclic) bond motifs is 2. The first-order chi connectivity index (χ1) is 15.7. The summed E-state index contributed by atoms with van der Waals surface area (Å²) in [5.74, 6) is 0. The van der Waals surface area contributed by atoms with Crippen molar-refractivity contribution in [2.45, 2.75) is 38.9 Å². The van der Waals surface area contributed by atoms with E-state index in [1.165, 1.54) is 40.0 Å². The van der Waals surface area contributed by atoms with E-state index in [0.717, 1.165) is 35.1 Å². The first kappa shape index (κ1) is 19.5. The number of amides is 2. The van der Waals surface area contributed by atoms with Crippen LogP contribution >= 0.6 is 11.3 Å². The lowest BCUT2D eigenvalue weighted by Gasteiger charge is -2.18. The van der Waals surface area contributed by atoms with Gasteiger partial charge in [-0.25, -0.2) is 14.8 Å². The van der Waals surface area contributed by atoms with Crippen LogP contribution < -0.4 is 10.6 Å². The Morgan fingerprint density at radius 2 is 2.16 bits per heavy atom. The Balaban J connectivity index is 1.38. The number of nitrogens with zero attached hydrogens (tertiary/aromatic N) is 3. The van der Waals surface area contributed by atoms with Crippen LogP contribution in [0.2, 0.25) is 0 Å². The number of anilines is 1. The second-order valence-corrected chi connectivity index (χ2v) is 9.46. The third-order valence-electron chi connectivity index (χ3n) is 6.53. The number of aryl methyl sites for hydroxylation is 1. The largest absolute Gasteiger partial charge is 0.346 e. The number of H-pyrrole nitrogens is 1. The minimum atomic E-state index is -0.103. The molecule has 8 heteroatoms. The molecule has 2 aliphatic rings. The molecule has 162 valence electrons. The van der Waals surface area contributed by atoms with E-state index in [9.17, 15) is 4.79 Å². The van der Waals surface area contributed by atoms with Gasteiger partial charge in [-0.1, -0.05) is 0 Å². The van der Waals surface area contributed by atoms with Crippen molar-refractivity contribution in [2.75, 3.05) is 11.9 Å². The van der Waals surface area contributed by atoms with Crippen molar-refractivity contribution in [3.8, 4) is 11.1 Å². The molecule has 1 aromatic carbocycles. The Morgan fingerprint density at radius 1 is 1.22 bits per heavy atom. The fourth-order valence-corrected chi connectivity index (χ4v) is 5.38. The van der Waals surface area contributed by atoms with Gasteiger partial charge in [-0.2, -0.15) is 0 Å². The van der Waals surface area contributed by atoms with Gasteiger partial charge < -0.3 is 15.2 Å². The van der Waals surface area contributed by atoms with Gasteiger partial charge in [-0.05, 0) is 72.3 Å². The molecule has 0 spiro atoms. The zero-order valence-corrected chi connectivity index (χ0v) is 18.6. The fraction of sp³-hybridized carbons (Fsp3) is 0.292. The van der Waals surface area contributed by atoms with Crippen LogP contribution in [0.3, 0.4) is 0 Å². The maximum absolute atomic E-state index is 12.9. The van der Waals surface area contributed by atoms with E-state index in [2.05, 4.69) is 50.7 Å². The smallest absolute Gasteiger partial charge is 0.324 e. The number of carbonyl (C=O) groups is 1. The van der Waals surface area contributed by atoms with Crippen LogP contribution in [0.5, 0.6) is 0 Å². The van der Waals surface area contributed by atoms with E-state index in [1.54, 1.807) is 6.20 Å². The van der Waals surface area contributed by atoms with Crippen LogP contribution in [0.1, 0.15) is 41.1 Å². The lowest BCUT2D eigenvalue weighted by atomic mass is 9.91. The summed E-state index contributed by atoms with van der Waals surface area (Å²) in [6.45, 7) is 4.35. The zero-order chi connectivity index (χ0) is 21.7. The highest BCUT2D eigenvalue weighted by Crippen LogP contribution is 2.37. The minimum Gasteiger partial charge on any atom is -0.346 e. The van der Waals surface area contributed by atoms with Crippen LogP contribution in [0.15, 0.2) is 42.2 Å². The standard InChI is InChI=1S/C24H24N6OS/c1-14-10-27-22-18(14)9-16(11-28-22)15-7-17-12-30(24(31)29-23-26-5-6-32-23)13-20(17)19(8-15)21-3-2-4-25-21/h5-11,21,25H,2-4,12-13H2,1H3,(H,27,28)(H,26,29,31). The predicted molar refractivity (Wildman–Crippen MR) is 127 cm³/mol. The molecule has 3 aromatic heterocycles. The normalized spacial score (nSPS) is 17.8. The van der Waals surface area contributed by atoms with Gasteiger partial charge in [-0.3, -0.25) is 5.32 Å². The summed E-state index contributed by atoms with van der Waals surface area (Å²) < 4.78 is 0. The Hall–Kier alpha value is -3.23. The van der Waals surface area contributed by atoms with E-state index in [0.29, 0.717) is 24.3 Å². The van der Waals surface area contributed by atoms with Crippen molar-refractivity contribution in [1.29, 1.82) is 0 Å². The van der Waals surface area contributed by atoms with E-state index < -0.39 is 0 Å². The summed E-state index contributed by atoms with van der Waals surface area (Å²) in [5, 5.41) is 10.2. The van der Waals surface area contributed by atoms with Gasteiger partial charge in [-0.15, -0.1) is 11.3 Å². The summed E-state index contributed by atoms with van der Waals surface area (Å²) in [7, 11) is 0. The Morgan fingerprint density at radius 3 is 2.97 bits per heavy atom. The van der Waals surface area contributed by atoms with Gasteiger partial charge in [0.2, 0.25) is 0 Å². The minimum absolute atomic E-state index is 0.103. The van der Waals surface area contributed by atoms with Crippen LogP contribution in [0.4, 0.5) is 9.93 Å². The summed E-state index contributed by atoms with van der Waals surface area (Å²) in [4.78, 5) is 26.8. The topological polar surface area (TPSA) is 85.9 Å². The second-order valence-electron chi connectivity index (χ2n) is 8.57. The molecule has 0 radical (unpaired) electrons. The van der Waals surface area contributed by atoms with Crippen molar-refractivity contribution < 1.29 is 4.79 Å². The number of hydrogen-bond donors (Lipinski definition) is 3. The molecule has 0 aliphatic carbocycles. The Bertz CT molecular complexity index is 1310. The summed E-state index contributed by atoms with van der Waals surface area (Å²) in [6.07, 6.45) is 7.93.